The van der Waals surface area contributed by atoms with Crippen LogP contribution in [-0.4, -0.2) is 48.8 Å². The summed E-state index contributed by atoms with van der Waals surface area (Å²) >= 11 is 0. The summed E-state index contributed by atoms with van der Waals surface area (Å²) in [5, 5.41) is 4.18. The van der Waals surface area contributed by atoms with Crippen molar-refractivity contribution in [3.8, 4) is 0 Å². The average molecular weight is 406 g/mol. The van der Waals surface area contributed by atoms with Crippen LogP contribution >= 0.6 is 0 Å². The van der Waals surface area contributed by atoms with Gasteiger partial charge in [0.05, 0.1) is 6.54 Å². The number of nitrogens with zero attached hydrogens (tertiary/aromatic N) is 1. The molecule has 3 aromatic rings. The molecule has 0 radical (unpaired) electrons. The molecule has 0 saturated heterocycles. The number of Topliss-reactive ketones (excluding diaryl/α,β-unsaturated/α-hetero) is 1. The van der Waals surface area contributed by atoms with Gasteiger partial charge in [0.15, 0.2) is 5.78 Å². The Morgan fingerprint density at radius 2 is 1.60 bits per heavy atom. The number of carbonyl (C=O) groups is 3. The molecule has 0 saturated carbocycles. The summed E-state index contributed by atoms with van der Waals surface area (Å²) in [6.45, 7) is -1.55. The maximum Gasteiger partial charge on any atom is 0.254 e. The van der Waals surface area contributed by atoms with Gasteiger partial charge < -0.3 is 10.2 Å². The number of amides is 2. The first-order chi connectivity index (χ1) is 14.5. The number of likely N-dealkylation sites (N-methyl/N-ethyl adjacent to an activating group) is 1. The van der Waals surface area contributed by atoms with E-state index in [4.69, 9.17) is 0 Å². The van der Waals surface area contributed by atoms with E-state index in [1.807, 2.05) is 60.7 Å². The van der Waals surface area contributed by atoms with Gasteiger partial charge in [-0.2, -0.15) is 0 Å². The highest BCUT2D eigenvalue weighted by atomic mass is 19.1. The van der Waals surface area contributed by atoms with Crippen LogP contribution in [-0.2, 0) is 16.0 Å². The minimum absolute atomic E-state index is 0.267. The van der Waals surface area contributed by atoms with E-state index in [-0.39, 0.29) is 12.3 Å². The highest BCUT2D eigenvalue weighted by Gasteiger charge is 2.28. The van der Waals surface area contributed by atoms with E-state index in [0.717, 1.165) is 16.3 Å². The van der Waals surface area contributed by atoms with Gasteiger partial charge in [0, 0.05) is 19.0 Å². The van der Waals surface area contributed by atoms with Gasteiger partial charge in [-0.05, 0) is 22.4 Å². The molecule has 0 spiro atoms. The van der Waals surface area contributed by atoms with Crippen LogP contribution in [0.5, 0.6) is 0 Å². The Bertz CT molecular complexity index is 1050. The van der Waals surface area contributed by atoms with Gasteiger partial charge in [0.25, 0.3) is 5.91 Å². The van der Waals surface area contributed by atoms with Crippen molar-refractivity contribution in [2.75, 3.05) is 20.3 Å². The summed E-state index contributed by atoms with van der Waals surface area (Å²) in [5.41, 5.74) is 1.35. The van der Waals surface area contributed by atoms with E-state index in [0.29, 0.717) is 5.56 Å². The van der Waals surface area contributed by atoms with Crippen molar-refractivity contribution >= 4 is 28.4 Å². The standard InChI is InChI=1S/C24H23FN2O3/c1-27(24(30)21-13-7-11-18-10-5-6-12-20(18)21)22(14-17-8-3-2-4-9-17)23(29)26-16-19(28)15-25/h2-13,22H,14-16H2,1H3,(H,26,29)/t22-/m0/s1. The zero-order valence-electron chi connectivity index (χ0n) is 16.7. The van der Waals surface area contributed by atoms with E-state index in [9.17, 15) is 18.8 Å². The van der Waals surface area contributed by atoms with Crippen LogP contribution in [0, 0.1) is 0 Å². The van der Waals surface area contributed by atoms with Crippen molar-refractivity contribution in [1.82, 2.24) is 10.2 Å². The summed E-state index contributed by atoms with van der Waals surface area (Å²) in [4.78, 5) is 38.8. The highest BCUT2D eigenvalue weighted by Crippen LogP contribution is 2.21. The third kappa shape index (κ3) is 4.89. The molecule has 154 valence electrons. The molecule has 0 bridgehead atoms. The quantitative estimate of drug-likeness (QED) is 0.625. The molecule has 0 heterocycles. The molecule has 1 atom stereocenters. The molecule has 0 aliphatic carbocycles. The van der Waals surface area contributed by atoms with Crippen molar-refractivity contribution in [2.24, 2.45) is 0 Å². The molecule has 6 heteroatoms. The van der Waals surface area contributed by atoms with Crippen molar-refractivity contribution < 1.29 is 18.8 Å². The van der Waals surface area contributed by atoms with E-state index >= 15 is 0 Å². The predicted octanol–water partition coefficient (Wildman–Crippen LogP) is 3.18. The lowest BCUT2D eigenvalue weighted by Crippen LogP contribution is -2.50. The van der Waals surface area contributed by atoms with Crippen LogP contribution in [0.3, 0.4) is 0 Å². The Morgan fingerprint density at radius 1 is 0.933 bits per heavy atom. The number of alkyl halides is 1. The van der Waals surface area contributed by atoms with Crippen molar-refractivity contribution in [3.05, 3.63) is 83.9 Å². The first-order valence-corrected chi connectivity index (χ1v) is 9.65. The maximum absolute atomic E-state index is 13.3. The Balaban J connectivity index is 1.89. The van der Waals surface area contributed by atoms with E-state index in [2.05, 4.69) is 5.32 Å². The second kappa shape index (κ2) is 9.78. The van der Waals surface area contributed by atoms with Gasteiger partial charge in [-0.3, -0.25) is 14.4 Å². The molecule has 3 aromatic carbocycles. The average Bonchev–Trinajstić information content (AvgIpc) is 2.80. The number of halogens is 1. The fraction of sp³-hybridized carbons (Fsp3) is 0.208. The van der Waals surface area contributed by atoms with Crippen LogP contribution in [0.2, 0.25) is 0 Å². The lowest BCUT2D eigenvalue weighted by Gasteiger charge is -2.28. The molecule has 0 aliphatic heterocycles. The zero-order valence-corrected chi connectivity index (χ0v) is 16.7. The van der Waals surface area contributed by atoms with E-state index < -0.39 is 31.0 Å². The number of hydrogen-bond donors (Lipinski definition) is 1. The fourth-order valence-electron chi connectivity index (χ4n) is 3.34. The molecule has 1 N–H and O–H groups in total. The van der Waals surface area contributed by atoms with Crippen molar-refractivity contribution in [3.63, 3.8) is 0 Å². The lowest BCUT2D eigenvalue weighted by atomic mass is 10.0. The number of benzene rings is 3. The summed E-state index contributed by atoms with van der Waals surface area (Å²) in [5.74, 6) is -1.53. The van der Waals surface area contributed by atoms with Gasteiger partial charge in [0.1, 0.15) is 12.7 Å². The van der Waals surface area contributed by atoms with Gasteiger partial charge in [0.2, 0.25) is 5.91 Å². The molecule has 0 fully saturated rings. The second-order valence-corrected chi connectivity index (χ2v) is 7.04. The summed E-state index contributed by atoms with van der Waals surface area (Å²) in [6.07, 6.45) is 0.267. The third-order valence-corrected chi connectivity index (χ3v) is 4.99. The maximum atomic E-state index is 13.3. The molecule has 0 aliphatic rings. The van der Waals surface area contributed by atoms with Crippen LogP contribution < -0.4 is 5.32 Å². The molecule has 5 nitrogen and oxygen atoms in total. The lowest BCUT2D eigenvalue weighted by molar-refractivity contribution is -0.128. The van der Waals surface area contributed by atoms with Crippen molar-refractivity contribution in [1.29, 1.82) is 0 Å². The molecule has 3 rings (SSSR count). The SMILES string of the molecule is CN(C(=O)c1cccc2ccccc12)[C@@H](Cc1ccccc1)C(=O)NCC(=O)CF. The highest BCUT2D eigenvalue weighted by molar-refractivity contribution is 6.08. The fourth-order valence-corrected chi connectivity index (χ4v) is 3.34. The number of ketones is 1. The zero-order chi connectivity index (χ0) is 21.5. The monoisotopic (exact) mass is 406 g/mol. The Hall–Kier alpha value is -3.54. The molecule has 30 heavy (non-hydrogen) atoms. The second-order valence-electron chi connectivity index (χ2n) is 7.04. The molecular formula is C24H23FN2O3. The Labute approximate surface area is 174 Å². The van der Waals surface area contributed by atoms with Crippen LogP contribution in [0.25, 0.3) is 10.8 Å². The van der Waals surface area contributed by atoms with Crippen LogP contribution in [0.4, 0.5) is 4.39 Å². The normalized spacial score (nSPS) is 11.7. The molecular weight excluding hydrogens is 383 g/mol. The van der Waals surface area contributed by atoms with Crippen molar-refractivity contribution in [2.45, 2.75) is 12.5 Å². The van der Waals surface area contributed by atoms with Crippen LogP contribution in [0.15, 0.2) is 72.8 Å². The van der Waals surface area contributed by atoms with Crippen LogP contribution in [0.1, 0.15) is 15.9 Å². The summed E-state index contributed by atoms with van der Waals surface area (Å²) in [7, 11) is 1.56. The number of nitrogens with one attached hydrogen (secondary N) is 1. The number of fused-ring (bicyclic) bond motifs is 1. The smallest absolute Gasteiger partial charge is 0.254 e. The Morgan fingerprint density at radius 3 is 2.33 bits per heavy atom. The van der Waals surface area contributed by atoms with Gasteiger partial charge >= 0.3 is 0 Å². The third-order valence-electron chi connectivity index (χ3n) is 4.99. The number of carbonyl (C=O) groups excluding carboxylic acids is 3. The number of rotatable bonds is 8. The number of hydrogen-bond acceptors (Lipinski definition) is 3. The van der Waals surface area contributed by atoms with Gasteiger partial charge in [-0.15, -0.1) is 0 Å². The summed E-state index contributed by atoms with van der Waals surface area (Å²) < 4.78 is 12.5. The molecule has 2 amide bonds. The topological polar surface area (TPSA) is 66.5 Å². The predicted molar refractivity (Wildman–Crippen MR) is 114 cm³/mol. The Kier molecular flexibility index (Phi) is 6.91. The van der Waals surface area contributed by atoms with Gasteiger partial charge in [-0.1, -0.05) is 66.7 Å². The largest absolute Gasteiger partial charge is 0.347 e. The minimum atomic E-state index is -1.14. The first kappa shape index (κ1) is 21.2. The molecule has 0 aromatic heterocycles. The van der Waals surface area contributed by atoms with E-state index in [1.165, 1.54) is 4.90 Å². The minimum Gasteiger partial charge on any atom is -0.347 e. The van der Waals surface area contributed by atoms with Gasteiger partial charge in [-0.25, -0.2) is 4.39 Å². The van der Waals surface area contributed by atoms with E-state index in [1.54, 1.807) is 19.2 Å². The summed E-state index contributed by atoms with van der Waals surface area (Å²) in [6, 6.07) is 21.4. The molecule has 0 unspecified atom stereocenters. The first-order valence-electron chi connectivity index (χ1n) is 9.65.